The molecule has 0 radical (unpaired) electrons. The Morgan fingerprint density at radius 1 is 1.27 bits per heavy atom. The molecule has 134 valence electrons. The highest BCUT2D eigenvalue weighted by Gasteiger charge is 2.26. The quantitative estimate of drug-likeness (QED) is 0.703. The maximum atomic E-state index is 12.4. The van der Waals surface area contributed by atoms with Crippen molar-refractivity contribution in [3.8, 4) is 10.9 Å². The van der Waals surface area contributed by atoms with Crippen LogP contribution in [-0.4, -0.2) is 52.1 Å². The van der Waals surface area contributed by atoms with E-state index in [0.717, 1.165) is 28.8 Å². The molecule has 0 unspecified atom stereocenters. The number of likely N-dealkylation sites (tertiary alicyclic amines) is 1. The molecule has 3 aromatic rings. The highest BCUT2D eigenvalue weighted by atomic mass is 32.1. The predicted molar refractivity (Wildman–Crippen MR) is 97.8 cm³/mol. The number of thiazole rings is 1. The van der Waals surface area contributed by atoms with Crippen LogP contribution in [0.4, 0.5) is 0 Å². The van der Waals surface area contributed by atoms with Gasteiger partial charge in [0.15, 0.2) is 0 Å². The van der Waals surface area contributed by atoms with Crippen LogP contribution in [0.3, 0.4) is 0 Å². The van der Waals surface area contributed by atoms with Gasteiger partial charge in [0.1, 0.15) is 17.5 Å². The van der Waals surface area contributed by atoms with Crippen LogP contribution < -0.4 is 9.47 Å². The fraction of sp³-hybridized carbons (Fsp3) is 0.333. The van der Waals surface area contributed by atoms with Gasteiger partial charge in [-0.1, -0.05) is 11.3 Å². The van der Waals surface area contributed by atoms with E-state index in [0.29, 0.717) is 24.0 Å². The molecule has 0 atom stereocenters. The Morgan fingerprint density at radius 2 is 2.12 bits per heavy atom. The summed E-state index contributed by atoms with van der Waals surface area (Å²) in [6.45, 7) is 1.28. The molecule has 1 amide bonds. The lowest BCUT2D eigenvalue weighted by atomic mass is 10.1. The van der Waals surface area contributed by atoms with E-state index in [2.05, 4.69) is 15.0 Å². The van der Waals surface area contributed by atoms with Crippen LogP contribution in [0.5, 0.6) is 10.9 Å². The molecule has 0 bridgehead atoms. The second-order valence-corrected chi connectivity index (χ2v) is 7.01. The second kappa shape index (κ2) is 7.25. The van der Waals surface area contributed by atoms with E-state index in [-0.39, 0.29) is 12.0 Å². The molecule has 8 heteroatoms. The van der Waals surface area contributed by atoms with Gasteiger partial charge in [0.2, 0.25) is 0 Å². The van der Waals surface area contributed by atoms with Crippen molar-refractivity contribution < 1.29 is 14.3 Å². The molecule has 0 aliphatic carbocycles. The minimum Gasteiger partial charge on any atom is -0.497 e. The van der Waals surface area contributed by atoms with Gasteiger partial charge in [-0.2, -0.15) is 0 Å². The van der Waals surface area contributed by atoms with E-state index in [1.807, 2.05) is 18.2 Å². The first kappa shape index (κ1) is 16.7. The van der Waals surface area contributed by atoms with E-state index >= 15 is 0 Å². The maximum absolute atomic E-state index is 12.4. The summed E-state index contributed by atoms with van der Waals surface area (Å²) >= 11 is 1.53. The zero-order valence-corrected chi connectivity index (χ0v) is 15.1. The number of rotatable bonds is 4. The third-order valence-electron chi connectivity index (χ3n) is 4.35. The second-order valence-electron chi connectivity index (χ2n) is 6.01. The molecule has 0 spiro atoms. The number of amides is 1. The average Bonchev–Trinajstić information content (AvgIpc) is 3.10. The normalized spacial score (nSPS) is 15.2. The number of carbonyl (C=O) groups is 1. The molecule has 1 aromatic carbocycles. The minimum absolute atomic E-state index is 0.0587. The maximum Gasteiger partial charge on any atom is 0.274 e. The van der Waals surface area contributed by atoms with Gasteiger partial charge in [-0.15, -0.1) is 0 Å². The molecule has 3 heterocycles. The summed E-state index contributed by atoms with van der Waals surface area (Å²) in [5.74, 6) is 0.703. The van der Waals surface area contributed by atoms with Crippen molar-refractivity contribution in [1.82, 2.24) is 19.9 Å². The van der Waals surface area contributed by atoms with Crippen molar-refractivity contribution in [2.24, 2.45) is 0 Å². The first-order valence-corrected chi connectivity index (χ1v) is 9.21. The number of nitrogens with zero attached hydrogens (tertiary/aromatic N) is 4. The van der Waals surface area contributed by atoms with Crippen molar-refractivity contribution in [3.63, 3.8) is 0 Å². The number of hydrogen-bond donors (Lipinski definition) is 0. The monoisotopic (exact) mass is 370 g/mol. The van der Waals surface area contributed by atoms with Crippen molar-refractivity contribution in [2.75, 3.05) is 20.2 Å². The fourth-order valence-electron chi connectivity index (χ4n) is 2.95. The summed E-state index contributed by atoms with van der Waals surface area (Å²) in [7, 11) is 1.64. The van der Waals surface area contributed by atoms with Gasteiger partial charge in [-0.25, -0.2) is 9.97 Å². The van der Waals surface area contributed by atoms with E-state index in [1.54, 1.807) is 18.2 Å². The smallest absolute Gasteiger partial charge is 0.274 e. The molecule has 2 aromatic heterocycles. The van der Waals surface area contributed by atoms with Gasteiger partial charge in [-0.05, 0) is 12.1 Å². The van der Waals surface area contributed by atoms with Gasteiger partial charge in [0.25, 0.3) is 11.1 Å². The number of ether oxygens (including phenoxy) is 2. The van der Waals surface area contributed by atoms with Gasteiger partial charge >= 0.3 is 0 Å². The molecule has 1 aliphatic heterocycles. The van der Waals surface area contributed by atoms with Crippen LogP contribution in [0.2, 0.25) is 0 Å². The number of hydrogen-bond acceptors (Lipinski definition) is 7. The Bertz CT molecular complexity index is 907. The number of fused-ring (bicyclic) bond motifs is 1. The summed E-state index contributed by atoms with van der Waals surface area (Å²) in [4.78, 5) is 26.8. The lowest BCUT2D eigenvalue weighted by Gasteiger charge is -2.31. The molecule has 7 nitrogen and oxygen atoms in total. The van der Waals surface area contributed by atoms with Crippen molar-refractivity contribution in [2.45, 2.75) is 18.9 Å². The van der Waals surface area contributed by atoms with Crippen molar-refractivity contribution in [3.05, 3.63) is 42.5 Å². The average molecular weight is 370 g/mol. The summed E-state index contributed by atoms with van der Waals surface area (Å²) in [5, 5.41) is 0.659. The molecule has 1 saturated heterocycles. The van der Waals surface area contributed by atoms with Crippen molar-refractivity contribution in [1.29, 1.82) is 0 Å². The topological polar surface area (TPSA) is 77.4 Å². The first-order valence-electron chi connectivity index (χ1n) is 8.39. The van der Waals surface area contributed by atoms with Gasteiger partial charge < -0.3 is 14.4 Å². The lowest BCUT2D eigenvalue weighted by Crippen LogP contribution is -2.42. The standard InChI is InChI=1S/C18H18N4O3S/c1-24-13-2-3-16-14(10-13)21-18(26-16)25-12-4-8-22(9-5-12)17(23)15-11-19-6-7-20-15/h2-3,6-7,10-12H,4-5,8-9H2,1H3. The van der Waals surface area contributed by atoms with Gasteiger partial charge in [0, 0.05) is 44.4 Å². The number of piperidine rings is 1. The zero-order chi connectivity index (χ0) is 17.9. The molecular formula is C18H18N4O3S. The van der Waals surface area contributed by atoms with Crippen LogP contribution in [0.25, 0.3) is 10.2 Å². The van der Waals surface area contributed by atoms with Crippen LogP contribution >= 0.6 is 11.3 Å². The van der Waals surface area contributed by atoms with Crippen LogP contribution in [0, 0.1) is 0 Å². The van der Waals surface area contributed by atoms with Crippen LogP contribution in [-0.2, 0) is 0 Å². The Labute approximate surface area is 154 Å². The van der Waals surface area contributed by atoms with E-state index in [1.165, 1.54) is 23.7 Å². The molecule has 0 N–H and O–H groups in total. The first-order chi connectivity index (χ1) is 12.7. The highest BCUT2D eigenvalue weighted by Crippen LogP contribution is 2.32. The summed E-state index contributed by atoms with van der Waals surface area (Å²) in [6.07, 6.45) is 6.19. The summed E-state index contributed by atoms with van der Waals surface area (Å²) < 4.78 is 12.3. The number of benzene rings is 1. The molecule has 26 heavy (non-hydrogen) atoms. The Morgan fingerprint density at radius 3 is 2.85 bits per heavy atom. The van der Waals surface area contributed by atoms with Crippen molar-refractivity contribution >= 4 is 27.5 Å². The van der Waals surface area contributed by atoms with E-state index in [4.69, 9.17) is 9.47 Å². The van der Waals surface area contributed by atoms with Crippen LogP contribution in [0.1, 0.15) is 23.3 Å². The molecule has 4 rings (SSSR count). The third kappa shape index (κ3) is 3.45. The van der Waals surface area contributed by atoms with E-state index < -0.39 is 0 Å². The van der Waals surface area contributed by atoms with Crippen LogP contribution in [0.15, 0.2) is 36.8 Å². The number of aromatic nitrogens is 3. The molecule has 0 saturated carbocycles. The number of methoxy groups -OCH3 is 1. The highest BCUT2D eigenvalue weighted by molar-refractivity contribution is 7.20. The van der Waals surface area contributed by atoms with Gasteiger partial charge in [0.05, 0.1) is 23.5 Å². The summed E-state index contributed by atoms with van der Waals surface area (Å²) in [5.41, 5.74) is 1.26. The third-order valence-corrected chi connectivity index (χ3v) is 5.28. The largest absolute Gasteiger partial charge is 0.497 e. The lowest BCUT2D eigenvalue weighted by molar-refractivity contribution is 0.0589. The molecular weight excluding hydrogens is 352 g/mol. The Balaban J connectivity index is 1.37. The SMILES string of the molecule is COc1ccc2sc(OC3CCN(C(=O)c4cnccn4)CC3)nc2c1. The number of carbonyl (C=O) groups excluding carboxylic acids is 1. The zero-order valence-electron chi connectivity index (χ0n) is 14.3. The fourth-order valence-corrected chi connectivity index (χ4v) is 3.82. The predicted octanol–water partition coefficient (Wildman–Crippen LogP) is 2.78. The van der Waals surface area contributed by atoms with Gasteiger partial charge in [-0.3, -0.25) is 9.78 Å². The van der Waals surface area contributed by atoms with E-state index in [9.17, 15) is 4.79 Å². The molecule has 1 aliphatic rings. The Hall–Kier alpha value is -2.74. The Kier molecular flexibility index (Phi) is 4.66. The summed E-state index contributed by atoms with van der Waals surface area (Å²) in [6, 6.07) is 5.81. The molecule has 1 fully saturated rings. The minimum atomic E-state index is -0.0800.